The number of aromatic nitrogens is 7. The Morgan fingerprint density at radius 2 is 1.93 bits per heavy atom. The number of halogens is 2. The van der Waals surface area contributed by atoms with Crippen LogP contribution in [0.3, 0.4) is 0 Å². The monoisotopic (exact) mass is 550 g/mol. The normalized spacial score (nSPS) is 11.8. The van der Waals surface area contributed by atoms with E-state index in [1.807, 2.05) is 0 Å². The molecule has 0 radical (unpaired) electrons. The minimum atomic E-state index is -3.08. The zero-order valence-corrected chi connectivity index (χ0v) is 22.0. The molecule has 14 heteroatoms. The van der Waals surface area contributed by atoms with E-state index in [1.165, 1.54) is 28.7 Å². The van der Waals surface area contributed by atoms with Gasteiger partial charge in [0.05, 0.1) is 18.6 Å². The molecule has 5 aromatic heterocycles. The van der Waals surface area contributed by atoms with Gasteiger partial charge in [-0.1, -0.05) is 11.2 Å². The second-order valence-electron chi connectivity index (χ2n) is 9.44. The third kappa shape index (κ3) is 5.02. The first-order chi connectivity index (χ1) is 18.9. The van der Waals surface area contributed by atoms with Crippen LogP contribution in [0.4, 0.5) is 14.6 Å². The van der Waals surface area contributed by atoms with Crippen LogP contribution in [0.25, 0.3) is 22.4 Å². The van der Waals surface area contributed by atoms with Crippen molar-refractivity contribution >= 4 is 22.9 Å². The predicted molar refractivity (Wildman–Crippen MR) is 140 cm³/mol. The molecule has 5 aromatic rings. The van der Waals surface area contributed by atoms with E-state index in [2.05, 4.69) is 25.4 Å². The second-order valence-corrected chi connectivity index (χ2v) is 9.44. The summed E-state index contributed by atoms with van der Waals surface area (Å²) in [7, 11) is 1.48. The maximum Gasteiger partial charge on any atom is 0.332 e. The highest BCUT2D eigenvalue weighted by molar-refractivity contribution is 5.90. The molecule has 5 rings (SSSR count). The SMILES string of the molecule is Cc1cc(Cn2c(=O)c3c(ncn3CC(=O)Nc3cccc(-c4cnc(C(C)(F)F)c(C)c4)n3)n(C)c2=O)no1. The van der Waals surface area contributed by atoms with Gasteiger partial charge in [0.15, 0.2) is 11.2 Å². The third-order valence-corrected chi connectivity index (χ3v) is 6.22. The number of amides is 1. The number of anilines is 1. The Labute approximate surface area is 224 Å². The van der Waals surface area contributed by atoms with Crippen LogP contribution < -0.4 is 16.6 Å². The van der Waals surface area contributed by atoms with Crippen molar-refractivity contribution in [1.29, 1.82) is 0 Å². The maximum absolute atomic E-state index is 13.7. The molecule has 0 aliphatic carbocycles. The Hall–Kier alpha value is -5.01. The molecule has 40 heavy (non-hydrogen) atoms. The number of hydrogen-bond acceptors (Lipinski definition) is 8. The Bertz CT molecular complexity index is 1880. The van der Waals surface area contributed by atoms with E-state index in [-0.39, 0.29) is 35.8 Å². The lowest BCUT2D eigenvalue weighted by molar-refractivity contribution is -0.116. The number of carbonyl (C=O) groups is 1. The van der Waals surface area contributed by atoms with Gasteiger partial charge in [-0.15, -0.1) is 0 Å². The summed E-state index contributed by atoms with van der Waals surface area (Å²) in [5.41, 5.74) is 0.289. The fourth-order valence-corrected chi connectivity index (χ4v) is 4.41. The molecule has 0 saturated heterocycles. The van der Waals surface area contributed by atoms with E-state index in [9.17, 15) is 23.2 Å². The average Bonchev–Trinajstić information content (AvgIpc) is 3.50. The fraction of sp³-hybridized carbons (Fsp3) is 0.269. The lowest BCUT2D eigenvalue weighted by Crippen LogP contribution is -2.40. The highest BCUT2D eigenvalue weighted by Crippen LogP contribution is 2.30. The summed E-state index contributed by atoms with van der Waals surface area (Å²) in [6.45, 7) is 3.62. The van der Waals surface area contributed by atoms with Gasteiger partial charge in [0.2, 0.25) is 5.91 Å². The van der Waals surface area contributed by atoms with Gasteiger partial charge in [0, 0.05) is 31.8 Å². The standard InChI is InChI=1S/C26H24F2N8O4/c1-14-8-16(10-29-22(14)26(3,27)28)18-6-5-7-19(31-18)32-20(37)12-35-13-30-23-21(35)24(38)36(25(39)34(23)4)11-17-9-15(2)40-33-17/h5-10,13H,11-12H2,1-4H3,(H,31,32,37). The molecule has 0 aliphatic rings. The Kier molecular flexibility index (Phi) is 6.61. The van der Waals surface area contributed by atoms with Crippen LogP contribution in [0, 0.1) is 13.8 Å². The first-order valence-electron chi connectivity index (χ1n) is 12.1. The highest BCUT2D eigenvalue weighted by Gasteiger charge is 2.28. The summed E-state index contributed by atoms with van der Waals surface area (Å²) >= 11 is 0. The van der Waals surface area contributed by atoms with Crippen molar-refractivity contribution in [3.05, 3.63) is 86.4 Å². The summed E-state index contributed by atoms with van der Waals surface area (Å²) in [5, 5.41) is 6.51. The van der Waals surface area contributed by atoms with Crippen LogP contribution >= 0.6 is 0 Å². The van der Waals surface area contributed by atoms with Gasteiger partial charge in [-0.2, -0.15) is 8.78 Å². The van der Waals surface area contributed by atoms with Gasteiger partial charge in [-0.25, -0.2) is 14.8 Å². The van der Waals surface area contributed by atoms with Crippen molar-refractivity contribution in [2.24, 2.45) is 7.05 Å². The van der Waals surface area contributed by atoms with Crippen LogP contribution in [-0.2, 0) is 30.9 Å². The van der Waals surface area contributed by atoms with Crippen molar-refractivity contribution in [3.63, 3.8) is 0 Å². The number of rotatable bonds is 7. The van der Waals surface area contributed by atoms with E-state index in [0.29, 0.717) is 28.3 Å². The van der Waals surface area contributed by atoms with Crippen molar-refractivity contribution in [2.75, 3.05) is 5.32 Å². The third-order valence-electron chi connectivity index (χ3n) is 6.22. The van der Waals surface area contributed by atoms with Gasteiger partial charge in [-0.3, -0.25) is 23.7 Å². The molecule has 0 atom stereocenters. The molecular formula is C26H24F2N8O4. The molecule has 1 N–H and O–H groups in total. The highest BCUT2D eigenvalue weighted by atomic mass is 19.3. The minimum Gasteiger partial charge on any atom is -0.361 e. The van der Waals surface area contributed by atoms with Gasteiger partial charge in [-0.05, 0) is 37.6 Å². The largest absolute Gasteiger partial charge is 0.361 e. The van der Waals surface area contributed by atoms with Crippen LogP contribution in [-0.4, -0.2) is 39.7 Å². The molecule has 12 nitrogen and oxygen atoms in total. The van der Waals surface area contributed by atoms with E-state index in [0.717, 1.165) is 11.5 Å². The number of nitrogens with one attached hydrogen (secondary N) is 1. The van der Waals surface area contributed by atoms with Gasteiger partial charge in [0.25, 0.3) is 11.5 Å². The lowest BCUT2D eigenvalue weighted by Gasteiger charge is -2.13. The Balaban J connectivity index is 1.40. The summed E-state index contributed by atoms with van der Waals surface area (Å²) in [4.78, 5) is 51.5. The van der Waals surface area contributed by atoms with Crippen LogP contribution in [0.1, 0.15) is 29.6 Å². The van der Waals surface area contributed by atoms with Crippen molar-refractivity contribution in [3.8, 4) is 11.3 Å². The zero-order chi connectivity index (χ0) is 28.8. The zero-order valence-electron chi connectivity index (χ0n) is 22.0. The second kappa shape index (κ2) is 9.94. The molecule has 0 aliphatic heterocycles. The molecule has 0 spiro atoms. The molecular weight excluding hydrogens is 526 g/mol. The van der Waals surface area contributed by atoms with Crippen LogP contribution in [0.2, 0.25) is 0 Å². The average molecular weight is 551 g/mol. The van der Waals surface area contributed by atoms with E-state index >= 15 is 0 Å². The molecule has 206 valence electrons. The van der Waals surface area contributed by atoms with E-state index in [4.69, 9.17) is 4.52 Å². The maximum atomic E-state index is 13.7. The van der Waals surface area contributed by atoms with E-state index in [1.54, 1.807) is 44.2 Å². The topological polar surface area (TPSA) is 143 Å². The molecule has 0 bridgehead atoms. The smallest absolute Gasteiger partial charge is 0.332 e. The van der Waals surface area contributed by atoms with Crippen molar-refractivity contribution in [1.82, 2.24) is 33.8 Å². The lowest BCUT2D eigenvalue weighted by atomic mass is 10.1. The molecule has 0 saturated carbocycles. The van der Waals surface area contributed by atoms with Gasteiger partial charge >= 0.3 is 5.69 Å². The number of alkyl halides is 2. The number of hydrogen-bond donors (Lipinski definition) is 1. The Morgan fingerprint density at radius 1 is 1.15 bits per heavy atom. The Morgan fingerprint density at radius 3 is 2.60 bits per heavy atom. The van der Waals surface area contributed by atoms with Crippen LogP contribution in [0.15, 0.2) is 57.0 Å². The van der Waals surface area contributed by atoms with Crippen molar-refractivity contribution in [2.45, 2.75) is 39.8 Å². The quantitative estimate of drug-likeness (QED) is 0.326. The van der Waals surface area contributed by atoms with Gasteiger partial charge < -0.3 is 14.4 Å². The van der Waals surface area contributed by atoms with Gasteiger partial charge in [0.1, 0.15) is 29.5 Å². The number of carbonyl (C=O) groups excluding carboxylic acids is 1. The molecule has 1 amide bonds. The van der Waals surface area contributed by atoms with E-state index < -0.39 is 23.1 Å². The number of imidazole rings is 1. The predicted octanol–water partition coefficient (Wildman–Crippen LogP) is 2.76. The molecule has 0 unspecified atom stereocenters. The molecule has 5 heterocycles. The first kappa shape index (κ1) is 26.6. The number of aryl methyl sites for hydroxylation is 3. The summed E-state index contributed by atoms with van der Waals surface area (Å²) in [5.74, 6) is -2.84. The summed E-state index contributed by atoms with van der Waals surface area (Å²) in [6.07, 6.45) is 2.61. The number of nitrogens with zero attached hydrogens (tertiary/aromatic N) is 7. The molecule has 0 aromatic carbocycles. The summed E-state index contributed by atoms with van der Waals surface area (Å²) in [6, 6.07) is 8.06. The number of pyridine rings is 2. The fourth-order valence-electron chi connectivity index (χ4n) is 4.41. The molecule has 0 fully saturated rings. The summed E-state index contributed by atoms with van der Waals surface area (Å²) < 4.78 is 36.0. The minimum absolute atomic E-state index is 0.0635. The van der Waals surface area contributed by atoms with Crippen molar-refractivity contribution < 1.29 is 18.1 Å². The first-order valence-corrected chi connectivity index (χ1v) is 12.1. The van der Waals surface area contributed by atoms with Crippen LogP contribution in [0.5, 0.6) is 0 Å². The number of fused-ring (bicyclic) bond motifs is 1.